The van der Waals surface area contributed by atoms with Gasteiger partial charge >= 0.3 is 5.97 Å². The van der Waals surface area contributed by atoms with Crippen molar-refractivity contribution in [2.75, 3.05) is 6.61 Å². The number of benzene rings is 1. The highest BCUT2D eigenvalue weighted by Crippen LogP contribution is 2.29. The number of oxazole rings is 1. The van der Waals surface area contributed by atoms with E-state index in [1.54, 1.807) is 6.92 Å². The maximum Gasteiger partial charge on any atom is 0.376 e. The van der Waals surface area contributed by atoms with Crippen LogP contribution in [0.3, 0.4) is 0 Å². The van der Waals surface area contributed by atoms with Crippen LogP contribution >= 0.6 is 15.9 Å². The highest BCUT2D eigenvalue weighted by atomic mass is 79.9. The van der Waals surface area contributed by atoms with Crippen molar-refractivity contribution in [2.24, 2.45) is 0 Å². The Hall–Kier alpha value is -1.62. The van der Waals surface area contributed by atoms with Gasteiger partial charge in [0.1, 0.15) is 0 Å². The predicted molar refractivity (Wildman–Crippen MR) is 84.4 cm³/mol. The Morgan fingerprint density at radius 1 is 1.43 bits per heavy atom. The molecule has 4 nitrogen and oxygen atoms in total. The third-order valence-electron chi connectivity index (χ3n) is 3.07. The number of esters is 1. The summed E-state index contributed by atoms with van der Waals surface area (Å²) in [4.78, 5) is 16.4. The molecule has 0 bridgehead atoms. The van der Waals surface area contributed by atoms with Crippen molar-refractivity contribution >= 4 is 21.9 Å². The topological polar surface area (TPSA) is 52.3 Å². The van der Waals surface area contributed by atoms with Gasteiger partial charge in [-0.3, -0.25) is 0 Å². The highest BCUT2D eigenvalue weighted by molar-refractivity contribution is 9.10. The molecule has 0 fully saturated rings. The minimum atomic E-state index is -0.464. The van der Waals surface area contributed by atoms with Crippen molar-refractivity contribution in [3.05, 3.63) is 39.7 Å². The molecular weight excluding hydrogens is 334 g/mol. The van der Waals surface area contributed by atoms with Crippen LogP contribution < -0.4 is 0 Å². The average molecular weight is 352 g/mol. The fourth-order valence-corrected chi connectivity index (χ4v) is 2.21. The minimum Gasteiger partial charge on any atom is -0.460 e. The molecular formula is C16H18BrNO3. The van der Waals surface area contributed by atoms with Gasteiger partial charge in [0, 0.05) is 10.0 Å². The first-order valence-corrected chi connectivity index (χ1v) is 7.67. The number of nitrogens with zero attached hydrogens (tertiary/aromatic N) is 1. The molecule has 0 radical (unpaired) electrons. The summed E-state index contributed by atoms with van der Waals surface area (Å²) in [5, 5.41) is 0. The van der Waals surface area contributed by atoms with E-state index in [1.165, 1.54) is 0 Å². The first kappa shape index (κ1) is 15.8. The van der Waals surface area contributed by atoms with Gasteiger partial charge < -0.3 is 9.15 Å². The van der Waals surface area contributed by atoms with E-state index in [9.17, 15) is 4.79 Å². The van der Waals surface area contributed by atoms with Crippen molar-refractivity contribution in [1.29, 1.82) is 0 Å². The summed E-state index contributed by atoms with van der Waals surface area (Å²) in [6.45, 7) is 8.01. The fourth-order valence-electron chi connectivity index (χ4n) is 1.97. The number of halogens is 1. The van der Waals surface area contributed by atoms with Gasteiger partial charge in [0.05, 0.1) is 12.3 Å². The van der Waals surface area contributed by atoms with Gasteiger partial charge in [0.15, 0.2) is 0 Å². The SMILES string of the molecule is CCOC(=O)c1oc(-c2ccc(Br)c(C)c2)nc1C(C)C. The summed E-state index contributed by atoms with van der Waals surface area (Å²) in [6, 6.07) is 5.81. The summed E-state index contributed by atoms with van der Waals surface area (Å²) < 4.78 is 11.7. The van der Waals surface area contributed by atoms with E-state index >= 15 is 0 Å². The molecule has 0 aliphatic rings. The van der Waals surface area contributed by atoms with E-state index < -0.39 is 5.97 Å². The smallest absolute Gasteiger partial charge is 0.376 e. The van der Waals surface area contributed by atoms with E-state index in [1.807, 2.05) is 39.0 Å². The Morgan fingerprint density at radius 2 is 2.14 bits per heavy atom. The van der Waals surface area contributed by atoms with E-state index in [0.717, 1.165) is 15.6 Å². The van der Waals surface area contributed by atoms with Gasteiger partial charge in [-0.2, -0.15) is 0 Å². The van der Waals surface area contributed by atoms with Crippen LogP contribution in [-0.4, -0.2) is 17.6 Å². The molecule has 2 rings (SSSR count). The summed E-state index contributed by atoms with van der Waals surface area (Å²) in [5.41, 5.74) is 2.55. The van der Waals surface area contributed by atoms with Crippen LogP contribution in [0.1, 0.15) is 48.5 Å². The lowest BCUT2D eigenvalue weighted by molar-refractivity contribution is 0.0488. The fraction of sp³-hybridized carbons (Fsp3) is 0.375. The average Bonchev–Trinajstić information content (AvgIpc) is 2.87. The molecule has 112 valence electrons. The lowest BCUT2D eigenvalue weighted by atomic mass is 10.1. The van der Waals surface area contributed by atoms with Crippen LogP contribution in [0.15, 0.2) is 27.1 Å². The molecule has 0 amide bonds. The summed E-state index contributed by atoms with van der Waals surface area (Å²) in [6.07, 6.45) is 0. The van der Waals surface area contributed by atoms with Crippen LogP contribution in [0.4, 0.5) is 0 Å². The number of aryl methyl sites for hydroxylation is 1. The monoisotopic (exact) mass is 351 g/mol. The van der Waals surface area contributed by atoms with Gasteiger partial charge in [-0.25, -0.2) is 9.78 Å². The zero-order valence-corrected chi connectivity index (χ0v) is 14.2. The maximum absolute atomic E-state index is 12.0. The van der Waals surface area contributed by atoms with Crippen LogP contribution in [-0.2, 0) is 4.74 Å². The van der Waals surface area contributed by atoms with Crippen LogP contribution in [0.2, 0.25) is 0 Å². The first-order valence-electron chi connectivity index (χ1n) is 6.88. The molecule has 1 aromatic heterocycles. The Balaban J connectivity index is 2.48. The zero-order chi connectivity index (χ0) is 15.6. The highest BCUT2D eigenvalue weighted by Gasteiger charge is 2.24. The van der Waals surface area contributed by atoms with E-state index in [4.69, 9.17) is 9.15 Å². The second-order valence-electron chi connectivity index (χ2n) is 5.07. The molecule has 1 heterocycles. The van der Waals surface area contributed by atoms with Gasteiger partial charge in [-0.15, -0.1) is 0 Å². The molecule has 0 saturated heterocycles. The Morgan fingerprint density at radius 3 is 2.71 bits per heavy atom. The van der Waals surface area contributed by atoms with Crippen molar-refractivity contribution < 1.29 is 13.9 Å². The quantitative estimate of drug-likeness (QED) is 0.748. The number of carbonyl (C=O) groups excluding carboxylic acids is 1. The number of hydrogen-bond donors (Lipinski definition) is 0. The van der Waals surface area contributed by atoms with Gasteiger partial charge in [-0.05, 0) is 43.5 Å². The molecule has 0 N–H and O–H groups in total. The van der Waals surface area contributed by atoms with E-state index in [2.05, 4.69) is 20.9 Å². The molecule has 0 aliphatic carbocycles. The van der Waals surface area contributed by atoms with Crippen LogP contribution in [0.25, 0.3) is 11.5 Å². The molecule has 2 aromatic rings. The molecule has 0 aliphatic heterocycles. The third-order valence-corrected chi connectivity index (χ3v) is 3.96. The van der Waals surface area contributed by atoms with Gasteiger partial charge in [0.2, 0.25) is 11.7 Å². The molecule has 0 unspecified atom stereocenters. The van der Waals surface area contributed by atoms with Crippen molar-refractivity contribution in [3.63, 3.8) is 0 Å². The Kier molecular flexibility index (Phi) is 4.83. The number of aromatic nitrogens is 1. The zero-order valence-electron chi connectivity index (χ0n) is 12.6. The molecule has 21 heavy (non-hydrogen) atoms. The molecule has 0 saturated carbocycles. The normalized spacial score (nSPS) is 11.0. The third kappa shape index (κ3) is 3.35. The van der Waals surface area contributed by atoms with Crippen LogP contribution in [0, 0.1) is 6.92 Å². The summed E-state index contributed by atoms with van der Waals surface area (Å²) in [5.74, 6) is 0.256. The largest absolute Gasteiger partial charge is 0.460 e. The minimum absolute atomic E-state index is 0.0819. The summed E-state index contributed by atoms with van der Waals surface area (Å²) >= 11 is 3.46. The first-order chi connectivity index (χ1) is 9.93. The number of carbonyl (C=O) groups is 1. The number of ether oxygens (including phenoxy) is 1. The van der Waals surface area contributed by atoms with E-state index in [0.29, 0.717) is 18.2 Å². The number of hydrogen-bond acceptors (Lipinski definition) is 4. The van der Waals surface area contributed by atoms with Crippen molar-refractivity contribution in [2.45, 2.75) is 33.6 Å². The molecule has 0 atom stereocenters. The number of rotatable bonds is 4. The molecule has 1 aromatic carbocycles. The summed E-state index contributed by atoms with van der Waals surface area (Å²) in [7, 11) is 0. The van der Waals surface area contributed by atoms with Gasteiger partial charge in [-0.1, -0.05) is 29.8 Å². The maximum atomic E-state index is 12.0. The molecule has 0 spiro atoms. The second kappa shape index (κ2) is 6.43. The predicted octanol–water partition coefficient (Wildman–Crippen LogP) is 4.71. The Labute approximate surface area is 132 Å². The van der Waals surface area contributed by atoms with Crippen molar-refractivity contribution in [1.82, 2.24) is 4.98 Å². The second-order valence-corrected chi connectivity index (χ2v) is 5.93. The van der Waals surface area contributed by atoms with E-state index in [-0.39, 0.29) is 11.7 Å². The van der Waals surface area contributed by atoms with Crippen LogP contribution in [0.5, 0.6) is 0 Å². The Bertz CT molecular complexity index is 662. The molecule has 5 heteroatoms. The lowest BCUT2D eigenvalue weighted by Gasteiger charge is -2.02. The lowest BCUT2D eigenvalue weighted by Crippen LogP contribution is -2.07. The standard InChI is InChI=1S/C16H18BrNO3/c1-5-20-16(19)14-13(9(2)3)18-15(21-14)11-6-7-12(17)10(4)8-11/h6-9H,5H2,1-4H3. The van der Waals surface area contributed by atoms with Crippen molar-refractivity contribution in [3.8, 4) is 11.5 Å². The van der Waals surface area contributed by atoms with Gasteiger partial charge in [0.25, 0.3) is 0 Å².